The van der Waals surface area contributed by atoms with Crippen molar-refractivity contribution in [1.82, 2.24) is 4.13 Å². The van der Waals surface area contributed by atoms with E-state index in [1.165, 1.54) is 32.9 Å². The van der Waals surface area contributed by atoms with Crippen LogP contribution in [0, 0.1) is 5.41 Å². The number of amides is 1. The predicted octanol–water partition coefficient (Wildman–Crippen LogP) is 4.12. The molecule has 0 saturated carbocycles. The second-order valence-electron chi connectivity index (χ2n) is 9.04. The first-order chi connectivity index (χ1) is 18.0. The Kier molecular flexibility index (Phi) is 8.51. The Hall–Kier alpha value is -2.85. The van der Waals surface area contributed by atoms with Gasteiger partial charge in [-0.05, 0) is 12.1 Å². The van der Waals surface area contributed by atoms with Gasteiger partial charge in [0.25, 0.3) is 10.0 Å². The summed E-state index contributed by atoms with van der Waals surface area (Å²) in [5.41, 5.74) is -7.74. The second-order valence-corrected chi connectivity index (χ2v) is 14.3. The molecule has 2 N–H and O–H groups in total. The molecule has 0 spiro atoms. The van der Waals surface area contributed by atoms with Crippen LogP contribution < -0.4 is 13.6 Å². The first-order valence-corrected chi connectivity index (χ1v) is 14.7. The van der Waals surface area contributed by atoms with Gasteiger partial charge in [0.15, 0.2) is 5.75 Å². The summed E-state index contributed by atoms with van der Waals surface area (Å²) in [6.07, 6.45) is 0. The fourth-order valence-electron chi connectivity index (χ4n) is 2.68. The van der Waals surface area contributed by atoms with Crippen molar-refractivity contribution in [1.29, 1.82) is 0 Å². The molecule has 0 saturated heterocycles. The van der Waals surface area contributed by atoms with Crippen LogP contribution in [0.3, 0.4) is 0 Å². The van der Waals surface area contributed by atoms with Gasteiger partial charge in [0.05, 0.1) is 0 Å². The third-order valence-corrected chi connectivity index (χ3v) is 9.50. The van der Waals surface area contributed by atoms with Crippen molar-refractivity contribution >= 4 is 52.5 Å². The molecule has 0 radical (unpaired) electrons. The van der Waals surface area contributed by atoms with Gasteiger partial charge in [-0.3, -0.25) is 4.79 Å². The number of nitrogens with one attached hydrogen (secondary N) is 2. The maximum Gasteiger partial charge on any atom is 0.512 e. The zero-order valence-corrected chi connectivity index (χ0v) is 22.8. The van der Waals surface area contributed by atoms with Crippen molar-refractivity contribution in [3.05, 3.63) is 36.4 Å². The van der Waals surface area contributed by atoms with Crippen LogP contribution in [0.1, 0.15) is 20.8 Å². The molecule has 10 nitrogen and oxygen atoms in total. The van der Waals surface area contributed by atoms with Gasteiger partial charge in [0.2, 0.25) is 5.91 Å². The van der Waals surface area contributed by atoms with Gasteiger partial charge < -0.3 is 9.50 Å². The number of anilines is 1. The van der Waals surface area contributed by atoms with E-state index in [9.17, 15) is 69.6 Å². The molecule has 0 aliphatic heterocycles. The van der Waals surface area contributed by atoms with Gasteiger partial charge in [-0.2, -0.15) is 47.9 Å². The van der Waals surface area contributed by atoms with E-state index >= 15 is 0 Å². The summed E-state index contributed by atoms with van der Waals surface area (Å²) in [5.74, 6) is -9.45. The van der Waals surface area contributed by atoms with Gasteiger partial charge in [-0.15, -0.1) is 0 Å². The summed E-state index contributed by atoms with van der Waals surface area (Å²) in [6.45, 7) is 4.50. The molecule has 232 valence electrons. The van der Waals surface area contributed by atoms with E-state index in [4.69, 9.17) is 0 Å². The zero-order chi connectivity index (χ0) is 32.3. The molecule has 0 aliphatic carbocycles. The summed E-state index contributed by atoms with van der Waals surface area (Å²) in [7, 11) is -22.7. The fraction of sp³-hybridized carbons (Fsp3) is 0.421. The Bertz CT molecular complexity index is 1680. The van der Waals surface area contributed by atoms with Crippen molar-refractivity contribution in [3.8, 4) is 5.75 Å². The molecule has 2 aromatic carbocycles. The summed E-state index contributed by atoms with van der Waals surface area (Å²) in [4.78, 5) is 12.3. The Balaban J connectivity index is 2.58. The predicted molar refractivity (Wildman–Crippen MR) is 123 cm³/mol. The second kappa shape index (κ2) is 10.2. The van der Waals surface area contributed by atoms with Crippen LogP contribution in [0.25, 0.3) is 10.8 Å². The lowest BCUT2D eigenvalue weighted by atomic mass is 9.95. The monoisotopic (exact) mass is 668 g/mol. The van der Waals surface area contributed by atoms with E-state index in [1.807, 2.05) is 0 Å². The maximum atomic E-state index is 14.5. The van der Waals surface area contributed by atoms with Crippen molar-refractivity contribution < 1.29 is 73.7 Å². The van der Waals surface area contributed by atoms with Crippen LogP contribution in [0.5, 0.6) is 5.75 Å². The smallest absolute Gasteiger partial charge is 0.377 e. The number of rotatable bonds is 9. The molecule has 41 heavy (non-hydrogen) atoms. The lowest BCUT2D eigenvalue weighted by Gasteiger charge is -2.31. The average Bonchev–Trinajstić information content (AvgIpc) is 2.76. The zero-order valence-electron chi connectivity index (χ0n) is 20.4. The minimum absolute atomic E-state index is 0.0723. The number of carbonyl (C=O) groups is 1. The third-order valence-electron chi connectivity index (χ3n) is 4.92. The Labute approximate surface area is 226 Å². The third kappa shape index (κ3) is 6.04. The van der Waals surface area contributed by atoms with Crippen molar-refractivity contribution in [2.75, 3.05) is 5.32 Å². The van der Waals surface area contributed by atoms with Crippen LogP contribution in [0.15, 0.2) is 36.4 Å². The molecule has 0 heterocycles. The van der Waals surface area contributed by atoms with Gasteiger partial charge in [0, 0.05) is 21.9 Å². The lowest BCUT2D eigenvalue weighted by Crippen LogP contribution is -2.64. The molecule has 0 bridgehead atoms. The normalized spacial score (nSPS) is 14.6. The molecule has 0 unspecified atom stereocenters. The minimum Gasteiger partial charge on any atom is -0.377 e. The Morgan fingerprint density at radius 2 is 1.20 bits per heavy atom. The highest BCUT2D eigenvalue weighted by atomic mass is 32.3. The Morgan fingerprint density at radius 3 is 1.68 bits per heavy atom. The molecule has 0 atom stereocenters. The highest BCUT2D eigenvalue weighted by Gasteiger charge is 2.83. The van der Waals surface area contributed by atoms with Crippen LogP contribution in [-0.2, 0) is 35.0 Å². The van der Waals surface area contributed by atoms with E-state index < -0.39 is 78.7 Å². The van der Waals surface area contributed by atoms with E-state index in [-0.39, 0.29) is 11.1 Å². The Morgan fingerprint density at radius 1 is 0.707 bits per heavy atom. The number of hydrogen-bond acceptors (Lipinski definition) is 8. The average molecular weight is 669 g/mol. The van der Waals surface area contributed by atoms with E-state index in [0.717, 1.165) is 18.2 Å². The number of halogens is 9. The minimum atomic E-state index is -7.92. The summed E-state index contributed by atoms with van der Waals surface area (Å²) < 4.78 is 195. The topological polar surface area (TPSA) is 153 Å². The van der Waals surface area contributed by atoms with Crippen molar-refractivity contribution in [3.63, 3.8) is 0 Å². The van der Waals surface area contributed by atoms with Crippen LogP contribution in [0.2, 0.25) is 0 Å². The standard InChI is InChI=1S/C19H17F9N2O8S3/c1-15(2,3)14(31)29-12-8-4-7-11-10(12)6-5-9-13(11)38-41(36,37)18(24,25)16(20,21)17(22,23)39(32,33)30-40(34,35)19(26,27)28/h4-9,30H,1-3H3,(H,29,31). The van der Waals surface area contributed by atoms with Gasteiger partial charge in [-0.25, -0.2) is 16.8 Å². The molecular formula is C19H17F9N2O8S3. The van der Waals surface area contributed by atoms with Crippen molar-refractivity contribution in [2.24, 2.45) is 5.41 Å². The summed E-state index contributed by atoms with van der Waals surface area (Å²) in [6, 6.07) is 5.99. The van der Waals surface area contributed by atoms with E-state index in [0.29, 0.717) is 6.07 Å². The highest BCUT2D eigenvalue weighted by molar-refractivity contribution is 8.05. The first kappa shape index (κ1) is 34.4. The van der Waals surface area contributed by atoms with E-state index in [1.54, 1.807) is 0 Å². The number of alkyl halides is 9. The molecule has 2 aromatic rings. The largest absolute Gasteiger partial charge is 0.512 e. The number of sulfonamides is 2. The van der Waals surface area contributed by atoms with Crippen LogP contribution in [0.4, 0.5) is 45.2 Å². The number of fused-ring (bicyclic) bond motifs is 1. The fourth-order valence-corrected chi connectivity index (χ4v) is 6.09. The summed E-state index contributed by atoms with van der Waals surface area (Å²) >= 11 is 0. The molecule has 22 heteroatoms. The molecule has 1 amide bonds. The summed E-state index contributed by atoms with van der Waals surface area (Å²) in [5, 5.41) is -12.9. The molecule has 0 aliphatic rings. The van der Waals surface area contributed by atoms with Crippen LogP contribution >= 0.6 is 0 Å². The number of carbonyl (C=O) groups excluding carboxylic acids is 1. The number of benzene rings is 2. The van der Waals surface area contributed by atoms with Crippen LogP contribution in [-0.4, -0.2) is 53.1 Å². The highest BCUT2D eigenvalue weighted by Crippen LogP contribution is 2.51. The van der Waals surface area contributed by atoms with Crippen molar-refractivity contribution in [2.45, 2.75) is 42.7 Å². The van der Waals surface area contributed by atoms with Gasteiger partial charge in [0.1, 0.15) is 0 Å². The SMILES string of the molecule is CC(C)(C)C(=O)Nc1cccc2c(OS(=O)(=O)C(F)(F)C(F)(F)C(F)(F)S(=O)(=O)NS(=O)(=O)C(F)(F)F)cccc12. The van der Waals surface area contributed by atoms with E-state index in [2.05, 4.69) is 9.50 Å². The molecule has 0 fully saturated rings. The molecule has 0 aromatic heterocycles. The molecule has 2 rings (SSSR count). The molecular weight excluding hydrogens is 651 g/mol. The first-order valence-electron chi connectivity index (χ1n) is 10.3. The van der Waals surface area contributed by atoms with Gasteiger partial charge in [-0.1, -0.05) is 49.2 Å². The maximum absolute atomic E-state index is 14.5. The van der Waals surface area contributed by atoms with Gasteiger partial charge >= 0.3 is 42.1 Å². The quantitative estimate of drug-likeness (QED) is 0.299. The lowest BCUT2D eigenvalue weighted by molar-refractivity contribution is -0.245. The number of hydrogen-bond donors (Lipinski definition) is 2.